The molecule has 0 aliphatic carbocycles. The van der Waals surface area contributed by atoms with Crippen molar-refractivity contribution >= 4 is 16.9 Å². The number of hydrogen-bond donors (Lipinski definition) is 2. The van der Waals surface area contributed by atoms with Gasteiger partial charge in [-0.05, 0) is 43.9 Å². The van der Waals surface area contributed by atoms with Crippen molar-refractivity contribution in [2.45, 2.75) is 45.4 Å². The molecule has 7 heteroatoms. The number of amides is 1. The Balaban J connectivity index is 1.34. The number of H-pyrrole nitrogens is 2. The highest BCUT2D eigenvalue weighted by molar-refractivity contribution is 5.80. The van der Waals surface area contributed by atoms with Crippen molar-refractivity contribution in [3.63, 3.8) is 0 Å². The molecule has 136 valence electrons. The molecule has 3 heterocycles. The number of carbonyl (C=O) groups is 1. The van der Waals surface area contributed by atoms with Crippen LogP contribution in [0.25, 0.3) is 11.0 Å². The van der Waals surface area contributed by atoms with Crippen LogP contribution in [0.4, 0.5) is 0 Å². The van der Waals surface area contributed by atoms with Gasteiger partial charge in [-0.1, -0.05) is 6.07 Å². The maximum absolute atomic E-state index is 12.5. The summed E-state index contributed by atoms with van der Waals surface area (Å²) in [4.78, 5) is 26.8. The number of benzene rings is 1. The number of piperidine rings is 1. The Bertz CT molecular complexity index is 906. The fraction of sp³-hybridized carbons (Fsp3) is 0.474. The predicted molar refractivity (Wildman–Crippen MR) is 98.8 cm³/mol. The maximum atomic E-state index is 12.5. The van der Waals surface area contributed by atoms with E-state index < -0.39 is 0 Å². The molecule has 1 aromatic carbocycles. The normalized spacial score (nSPS) is 15.7. The van der Waals surface area contributed by atoms with Gasteiger partial charge in [-0.25, -0.2) is 9.97 Å². The van der Waals surface area contributed by atoms with Crippen molar-refractivity contribution in [1.82, 2.24) is 30.0 Å². The molecule has 0 unspecified atom stereocenters. The van der Waals surface area contributed by atoms with Crippen LogP contribution in [0.5, 0.6) is 0 Å². The van der Waals surface area contributed by atoms with Crippen LogP contribution in [-0.4, -0.2) is 49.0 Å². The average Bonchev–Trinajstić information content (AvgIpc) is 3.33. The lowest BCUT2D eigenvalue weighted by Crippen LogP contribution is -2.38. The van der Waals surface area contributed by atoms with Crippen LogP contribution in [0.2, 0.25) is 0 Å². The number of fused-ring (bicyclic) bond motifs is 1. The second-order valence-electron chi connectivity index (χ2n) is 7.11. The molecule has 26 heavy (non-hydrogen) atoms. The highest BCUT2D eigenvalue weighted by Crippen LogP contribution is 2.25. The van der Waals surface area contributed by atoms with Gasteiger partial charge >= 0.3 is 0 Å². The first-order valence-corrected chi connectivity index (χ1v) is 9.19. The lowest BCUT2D eigenvalue weighted by atomic mass is 9.96. The van der Waals surface area contributed by atoms with E-state index in [0.29, 0.717) is 18.8 Å². The number of aromatic nitrogens is 5. The van der Waals surface area contributed by atoms with E-state index in [-0.39, 0.29) is 5.91 Å². The van der Waals surface area contributed by atoms with Gasteiger partial charge in [-0.3, -0.25) is 9.89 Å². The van der Waals surface area contributed by atoms with E-state index in [9.17, 15) is 4.79 Å². The molecule has 0 saturated carbocycles. The minimum Gasteiger partial charge on any atom is -0.343 e. The summed E-state index contributed by atoms with van der Waals surface area (Å²) in [6, 6.07) is 4.16. The molecule has 0 bridgehead atoms. The van der Waals surface area contributed by atoms with E-state index in [2.05, 4.69) is 46.1 Å². The van der Waals surface area contributed by atoms with Gasteiger partial charge < -0.3 is 9.88 Å². The molecular formula is C19H24N6O. The van der Waals surface area contributed by atoms with Gasteiger partial charge in [0.15, 0.2) is 0 Å². The Morgan fingerprint density at radius 2 is 2.08 bits per heavy atom. The molecule has 1 fully saturated rings. The van der Waals surface area contributed by atoms with E-state index in [1.54, 1.807) is 6.33 Å². The van der Waals surface area contributed by atoms with Gasteiger partial charge in [0.2, 0.25) is 5.91 Å². The molecule has 7 nitrogen and oxygen atoms in total. The van der Waals surface area contributed by atoms with Gasteiger partial charge in [0.1, 0.15) is 18.0 Å². The molecule has 3 aromatic rings. The van der Waals surface area contributed by atoms with Gasteiger partial charge in [0.25, 0.3) is 0 Å². The number of aromatic amines is 2. The number of aryl methyl sites for hydroxylation is 3. The van der Waals surface area contributed by atoms with E-state index in [0.717, 1.165) is 48.6 Å². The quantitative estimate of drug-likeness (QED) is 0.755. The summed E-state index contributed by atoms with van der Waals surface area (Å²) in [5, 5.41) is 6.86. The van der Waals surface area contributed by atoms with Gasteiger partial charge in [0.05, 0.1) is 11.0 Å². The topological polar surface area (TPSA) is 90.6 Å². The number of rotatable bonds is 4. The Hall–Kier alpha value is -2.70. The summed E-state index contributed by atoms with van der Waals surface area (Å²) >= 11 is 0. The summed E-state index contributed by atoms with van der Waals surface area (Å²) < 4.78 is 0. The zero-order valence-electron chi connectivity index (χ0n) is 15.2. The molecule has 1 aliphatic heterocycles. The largest absolute Gasteiger partial charge is 0.343 e. The minimum absolute atomic E-state index is 0.203. The fourth-order valence-electron chi connectivity index (χ4n) is 3.68. The first-order chi connectivity index (χ1) is 12.6. The molecule has 1 saturated heterocycles. The fourth-order valence-corrected chi connectivity index (χ4v) is 3.68. The number of hydrogen-bond acceptors (Lipinski definition) is 4. The summed E-state index contributed by atoms with van der Waals surface area (Å²) in [7, 11) is 0. The van der Waals surface area contributed by atoms with Gasteiger partial charge in [0, 0.05) is 31.8 Å². The Morgan fingerprint density at radius 3 is 2.81 bits per heavy atom. The molecule has 2 aromatic heterocycles. The third kappa shape index (κ3) is 3.21. The molecule has 1 amide bonds. The van der Waals surface area contributed by atoms with Crippen LogP contribution in [0, 0.1) is 13.8 Å². The highest BCUT2D eigenvalue weighted by Gasteiger charge is 2.25. The van der Waals surface area contributed by atoms with E-state index >= 15 is 0 Å². The highest BCUT2D eigenvalue weighted by atomic mass is 16.2. The Labute approximate surface area is 152 Å². The molecule has 0 spiro atoms. The average molecular weight is 352 g/mol. The third-order valence-corrected chi connectivity index (χ3v) is 5.47. The molecule has 1 aliphatic rings. The van der Waals surface area contributed by atoms with Crippen LogP contribution in [-0.2, 0) is 11.2 Å². The first kappa shape index (κ1) is 16.8. The van der Waals surface area contributed by atoms with Crippen molar-refractivity contribution in [3.8, 4) is 0 Å². The lowest BCUT2D eigenvalue weighted by molar-refractivity contribution is -0.132. The summed E-state index contributed by atoms with van der Waals surface area (Å²) in [6.45, 7) is 5.74. The minimum atomic E-state index is 0.203. The van der Waals surface area contributed by atoms with Crippen molar-refractivity contribution in [1.29, 1.82) is 0 Å². The van der Waals surface area contributed by atoms with Crippen molar-refractivity contribution in [2.75, 3.05) is 13.1 Å². The van der Waals surface area contributed by atoms with E-state index in [4.69, 9.17) is 4.98 Å². The lowest BCUT2D eigenvalue weighted by Gasteiger charge is -2.31. The van der Waals surface area contributed by atoms with Crippen LogP contribution >= 0.6 is 0 Å². The van der Waals surface area contributed by atoms with E-state index in [1.165, 1.54) is 11.1 Å². The Morgan fingerprint density at radius 1 is 1.27 bits per heavy atom. The number of likely N-dealkylation sites (tertiary alicyclic amines) is 1. The maximum Gasteiger partial charge on any atom is 0.223 e. The van der Waals surface area contributed by atoms with Crippen molar-refractivity contribution in [3.05, 3.63) is 41.2 Å². The molecule has 2 N–H and O–H groups in total. The number of nitrogens with one attached hydrogen (secondary N) is 2. The van der Waals surface area contributed by atoms with Crippen LogP contribution in [0.3, 0.4) is 0 Å². The van der Waals surface area contributed by atoms with Gasteiger partial charge in [-0.15, -0.1) is 0 Å². The second-order valence-corrected chi connectivity index (χ2v) is 7.11. The number of carbonyl (C=O) groups excluding carboxylic acids is 1. The Kier molecular flexibility index (Phi) is 4.44. The summed E-state index contributed by atoms with van der Waals surface area (Å²) in [5.41, 5.74) is 4.50. The molecule has 0 atom stereocenters. The number of imidazole rings is 1. The summed E-state index contributed by atoms with van der Waals surface area (Å²) in [5.74, 6) is 2.40. The second kappa shape index (κ2) is 6.90. The van der Waals surface area contributed by atoms with Crippen LogP contribution < -0.4 is 0 Å². The van der Waals surface area contributed by atoms with E-state index in [1.807, 2.05) is 4.90 Å². The SMILES string of the molecule is Cc1ccc2[nH]c(CCC(=O)N3CCC(c4ncn[nH]4)CC3)nc2c1C. The smallest absolute Gasteiger partial charge is 0.223 e. The van der Waals surface area contributed by atoms with Crippen molar-refractivity contribution < 1.29 is 4.79 Å². The predicted octanol–water partition coefficient (Wildman–Crippen LogP) is 2.64. The van der Waals surface area contributed by atoms with Crippen molar-refractivity contribution in [2.24, 2.45) is 0 Å². The van der Waals surface area contributed by atoms with Crippen LogP contribution in [0.15, 0.2) is 18.5 Å². The summed E-state index contributed by atoms with van der Waals surface area (Å²) in [6.07, 6.45) is 4.55. The number of nitrogens with zero attached hydrogens (tertiary/aromatic N) is 4. The first-order valence-electron chi connectivity index (χ1n) is 9.19. The zero-order chi connectivity index (χ0) is 18.1. The van der Waals surface area contributed by atoms with Crippen LogP contribution in [0.1, 0.15) is 48.0 Å². The van der Waals surface area contributed by atoms with Gasteiger partial charge in [-0.2, -0.15) is 5.10 Å². The zero-order valence-corrected chi connectivity index (χ0v) is 15.2. The molecule has 4 rings (SSSR count). The molecule has 0 radical (unpaired) electrons. The molecular weight excluding hydrogens is 328 g/mol. The standard InChI is InChI=1S/C19H24N6O/c1-12-3-4-15-18(13(12)2)23-16(22-15)5-6-17(26)25-9-7-14(8-10-25)19-20-11-21-24-19/h3-4,11,14H,5-10H2,1-2H3,(H,22,23)(H,20,21,24). The monoisotopic (exact) mass is 352 g/mol. The third-order valence-electron chi connectivity index (χ3n) is 5.47.